The lowest BCUT2D eigenvalue weighted by molar-refractivity contribution is 0.735. The molecule has 2 fully saturated rings. The Morgan fingerprint density at radius 1 is 1.19 bits per heavy atom. The fourth-order valence-electron chi connectivity index (χ4n) is 3.40. The molecule has 26 heavy (non-hydrogen) atoms. The van der Waals surface area contributed by atoms with E-state index in [2.05, 4.69) is 32.0 Å². The van der Waals surface area contributed by atoms with E-state index >= 15 is 0 Å². The third kappa shape index (κ3) is 3.72. The zero-order chi connectivity index (χ0) is 17.9. The van der Waals surface area contributed by atoms with Gasteiger partial charge in [0.2, 0.25) is 5.95 Å². The van der Waals surface area contributed by atoms with Crippen LogP contribution < -0.4 is 16.0 Å². The minimum absolute atomic E-state index is 0.439. The Bertz CT molecular complexity index is 819. The number of hydrogen-bond donors (Lipinski definition) is 3. The van der Waals surface area contributed by atoms with Gasteiger partial charge in [0.1, 0.15) is 17.5 Å². The van der Waals surface area contributed by atoms with Crippen molar-refractivity contribution in [2.24, 2.45) is 0 Å². The maximum atomic E-state index is 9.81. The van der Waals surface area contributed by atoms with Gasteiger partial charge >= 0.3 is 0 Å². The number of rotatable bonds is 5. The number of nitrogens with one attached hydrogen (secondary N) is 3. The Balaban J connectivity index is 1.60. The number of nitrogens with zero attached hydrogens (tertiary/aromatic N) is 3. The molecule has 2 heterocycles. The molecule has 6 heteroatoms. The monoisotopic (exact) mass is 348 g/mol. The van der Waals surface area contributed by atoms with Gasteiger partial charge in [0.25, 0.3) is 0 Å². The summed E-state index contributed by atoms with van der Waals surface area (Å²) in [5.41, 5.74) is 2.89. The molecule has 6 nitrogen and oxygen atoms in total. The number of allylic oxidation sites excluding steroid dienone is 4. The largest absolute Gasteiger partial charge is 0.369 e. The van der Waals surface area contributed by atoms with E-state index in [0.717, 1.165) is 29.9 Å². The quantitative estimate of drug-likeness (QED) is 0.709. The highest BCUT2D eigenvalue weighted by molar-refractivity contribution is 5.81. The van der Waals surface area contributed by atoms with Crippen molar-refractivity contribution in [1.82, 2.24) is 20.6 Å². The van der Waals surface area contributed by atoms with Gasteiger partial charge in [-0.15, -0.1) is 0 Å². The molecule has 3 N–H and O–H groups in total. The fraction of sp³-hybridized carbons (Fsp3) is 0.450. The van der Waals surface area contributed by atoms with Gasteiger partial charge in [-0.25, -0.2) is 9.97 Å². The van der Waals surface area contributed by atoms with Gasteiger partial charge in [0.15, 0.2) is 0 Å². The zero-order valence-electron chi connectivity index (χ0n) is 15.0. The summed E-state index contributed by atoms with van der Waals surface area (Å²) in [4.78, 5) is 9.07. The van der Waals surface area contributed by atoms with Gasteiger partial charge in [0.05, 0.1) is 11.4 Å². The topological polar surface area (TPSA) is 85.7 Å². The van der Waals surface area contributed by atoms with Gasteiger partial charge < -0.3 is 16.0 Å². The van der Waals surface area contributed by atoms with Crippen molar-refractivity contribution >= 4 is 11.5 Å². The van der Waals surface area contributed by atoms with Crippen LogP contribution in [0.5, 0.6) is 0 Å². The molecule has 0 bridgehead atoms. The average Bonchev–Trinajstić information content (AvgIpc) is 3.31. The summed E-state index contributed by atoms with van der Waals surface area (Å²) < 4.78 is 0. The number of nitriles is 1. The minimum Gasteiger partial charge on any atom is -0.369 e. The predicted molar refractivity (Wildman–Crippen MR) is 102 cm³/mol. The van der Waals surface area contributed by atoms with Crippen molar-refractivity contribution < 1.29 is 0 Å². The second-order valence-electron chi connectivity index (χ2n) is 7.23. The van der Waals surface area contributed by atoms with E-state index in [-0.39, 0.29) is 0 Å². The smallest absolute Gasteiger partial charge is 0.223 e. The van der Waals surface area contributed by atoms with Crippen molar-refractivity contribution in [3.63, 3.8) is 0 Å². The first-order valence-electron chi connectivity index (χ1n) is 9.40. The lowest BCUT2D eigenvalue weighted by atomic mass is 10.1. The van der Waals surface area contributed by atoms with E-state index in [1.54, 1.807) is 6.20 Å². The van der Waals surface area contributed by atoms with E-state index in [4.69, 9.17) is 0 Å². The summed E-state index contributed by atoms with van der Waals surface area (Å²) in [5.74, 6) is 1.55. The molecule has 0 saturated heterocycles. The molecule has 4 rings (SSSR count). The lowest BCUT2D eigenvalue weighted by Gasteiger charge is -2.19. The van der Waals surface area contributed by atoms with Crippen LogP contribution in [0.4, 0.5) is 5.95 Å². The standard InChI is InChI=1S/C20H24N6/c1-13-12-22-20(24-14-5-2-3-6-14)26-19(13)16(11-21)17-7-4-8-18(25-17)23-15-9-10-15/h4,7-8,12,14-15,23,25H,2-3,5-6,9-10H2,1H3,(H,22,24,26)/b17-16+. The number of dihydropyridines is 1. The van der Waals surface area contributed by atoms with Gasteiger partial charge in [-0.2, -0.15) is 5.26 Å². The SMILES string of the molecule is Cc1cnc(NC2CCCC2)nc1/C(C#N)=C1\C=CC=C(NC2CC2)N1. The summed E-state index contributed by atoms with van der Waals surface area (Å²) in [5, 5.41) is 20.0. The van der Waals surface area contributed by atoms with Crippen molar-refractivity contribution in [1.29, 1.82) is 5.26 Å². The van der Waals surface area contributed by atoms with Crippen LogP contribution in [0.3, 0.4) is 0 Å². The molecule has 3 aliphatic rings. The Morgan fingerprint density at radius 2 is 1.96 bits per heavy atom. The molecule has 1 aliphatic heterocycles. The second kappa shape index (κ2) is 7.20. The van der Waals surface area contributed by atoms with Crippen LogP contribution in [0.25, 0.3) is 5.57 Å². The zero-order valence-corrected chi connectivity index (χ0v) is 15.0. The summed E-state index contributed by atoms with van der Waals surface area (Å²) in [6.07, 6.45) is 14.9. The first-order chi connectivity index (χ1) is 12.7. The summed E-state index contributed by atoms with van der Waals surface area (Å²) in [7, 11) is 0. The second-order valence-corrected chi connectivity index (χ2v) is 7.23. The summed E-state index contributed by atoms with van der Waals surface area (Å²) in [6.45, 7) is 1.94. The van der Waals surface area contributed by atoms with E-state index in [1.165, 1.54) is 25.7 Å². The van der Waals surface area contributed by atoms with Crippen LogP contribution in [0, 0.1) is 18.3 Å². The molecule has 0 aromatic carbocycles. The predicted octanol–water partition coefficient (Wildman–Crippen LogP) is 3.13. The number of aromatic nitrogens is 2. The number of hydrogen-bond acceptors (Lipinski definition) is 6. The average molecular weight is 348 g/mol. The molecule has 0 radical (unpaired) electrons. The molecule has 134 valence electrons. The van der Waals surface area contributed by atoms with Crippen LogP contribution in [0.15, 0.2) is 35.9 Å². The van der Waals surface area contributed by atoms with Gasteiger partial charge in [-0.3, -0.25) is 0 Å². The maximum Gasteiger partial charge on any atom is 0.223 e. The van der Waals surface area contributed by atoms with Crippen LogP contribution in [0.1, 0.15) is 49.8 Å². The highest BCUT2D eigenvalue weighted by Gasteiger charge is 2.23. The highest BCUT2D eigenvalue weighted by atomic mass is 15.1. The first-order valence-corrected chi connectivity index (χ1v) is 9.40. The Labute approximate surface area is 154 Å². The first kappa shape index (κ1) is 16.6. The molecular weight excluding hydrogens is 324 g/mol. The Kier molecular flexibility index (Phi) is 4.61. The molecule has 2 aliphatic carbocycles. The molecular formula is C20H24N6. The van der Waals surface area contributed by atoms with Gasteiger partial charge in [-0.05, 0) is 50.3 Å². The van der Waals surface area contributed by atoms with Crippen LogP contribution in [-0.4, -0.2) is 22.1 Å². The van der Waals surface area contributed by atoms with E-state index in [9.17, 15) is 5.26 Å². The van der Waals surface area contributed by atoms with Crippen molar-refractivity contribution in [2.75, 3.05) is 5.32 Å². The molecule has 0 spiro atoms. The van der Waals surface area contributed by atoms with Crippen molar-refractivity contribution in [3.05, 3.63) is 47.2 Å². The Morgan fingerprint density at radius 3 is 2.69 bits per heavy atom. The minimum atomic E-state index is 0.439. The number of anilines is 1. The maximum absolute atomic E-state index is 9.81. The highest BCUT2D eigenvalue weighted by Crippen LogP contribution is 2.25. The van der Waals surface area contributed by atoms with Gasteiger partial charge in [0, 0.05) is 18.3 Å². The van der Waals surface area contributed by atoms with E-state index in [1.807, 2.05) is 25.2 Å². The third-order valence-electron chi connectivity index (χ3n) is 5.01. The molecule has 0 atom stereocenters. The summed E-state index contributed by atoms with van der Waals surface area (Å²) in [6, 6.07) is 3.32. The fourth-order valence-corrected chi connectivity index (χ4v) is 3.40. The lowest BCUT2D eigenvalue weighted by Crippen LogP contribution is -2.29. The molecule has 2 saturated carbocycles. The van der Waals surface area contributed by atoms with Crippen LogP contribution in [-0.2, 0) is 0 Å². The number of aryl methyl sites for hydroxylation is 1. The van der Waals surface area contributed by atoms with Crippen molar-refractivity contribution in [3.8, 4) is 6.07 Å². The summed E-state index contributed by atoms with van der Waals surface area (Å²) >= 11 is 0. The van der Waals surface area contributed by atoms with Crippen molar-refractivity contribution in [2.45, 2.75) is 57.5 Å². The Hall–Kier alpha value is -2.81. The van der Waals surface area contributed by atoms with E-state index < -0.39 is 0 Å². The van der Waals surface area contributed by atoms with Gasteiger partial charge in [-0.1, -0.05) is 18.9 Å². The molecule has 1 aromatic heterocycles. The van der Waals surface area contributed by atoms with E-state index in [0.29, 0.717) is 29.3 Å². The third-order valence-corrected chi connectivity index (χ3v) is 5.01. The molecule has 0 amide bonds. The normalized spacial score (nSPS) is 21.6. The van der Waals surface area contributed by atoms with Crippen LogP contribution in [0.2, 0.25) is 0 Å². The van der Waals surface area contributed by atoms with Crippen LogP contribution >= 0.6 is 0 Å². The molecule has 1 aromatic rings. The molecule has 0 unspecified atom stereocenters.